The van der Waals surface area contributed by atoms with E-state index >= 15 is 0 Å². The van der Waals surface area contributed by atoms with Gasteiger partial charge in [0.05, 0.1) is 10.4 Å². The molecule has 1 unspecified atom stereocenters. The molecule has 0 aliphatic carbocycles. The van der Waals surface area contributed by atoms with E-state index in [1.165, 1.54) is 4.88 Å². The number of amides is 1. The topological polar surface area (TPSA) is 49.6 Å². The lowest BCUT2D eigenvalue weighted by atomic mass is 10.0. The van der Waals surface area contributed by atoms with Gasteiger partial charge in [-0.2, -0.15) is 0 Å². The van der Waals surface area contributed by atoms with Crippen LogP contribution in [-0.4, -0.2) is 47.9 Å². The van der Waals surface area contributed by atoms with Crippen molar-refractivity contribution in [2.24, 2.45) is 11.7 Å². The average molecular weight is 330 g/mol. The Balaban J connectivity index is 1.78. The van der Waals surface area contributed by atoms with Crippen LogP contribution in [0, 0.1) is 5.92 Å². The summed E-state index contributed by atoms with van der Waals surface area (Å²) < 4.78 is 0.832. The van der Waals surface area contributed by atoms with E-state index in [0.29, 0.717) is 5.92 Å². The monoisotopic (exact) mass is 329 g/mol. The number of piperazine rings is 1. The largest absolute Gasteiger partial charge is 0.339 e. The van der Waals surface area contributed by atoms with Gasteiger partial charge in [0.15, 0.2) is 0 Å². The molecular weight excluding hydrogens is 306 g/mol. The normalized spacial score (nSPS) is 18.2. The zero-order valence-electron chi connectivity index (χ0n) is 12.7. The highest BCUT2D eigenvalue weighted by molar-refractivity contribution is 7.16. The Labute approximate surface area is 135 Å². The van der Waals surface area contributed by atoms with Crippen LogP contribution in [0.4, 0.5) is 0 Å². The van der Waals surface area contributed by atoms with Gasteiger partial charge in [0.1, 0.15) is 0 Å². The van der Waals surface area contributed by atoms with Crippen molar-refractivity contribution in [3.63, 3.8) is 0 Å². The smallest absolute Gasteiger partial charge is 0.239 e. The van der Waals surface area contributed by atoms with Gasteiger partial charge in [-0.05, 0) is 24.5 Å². The molecule has 21 heavy (non-hydrogen) atoms. The minimum atomic E-state index is -0.354. The molecule has 1 atom stereocenters. The lowest BCUT2D eigenvalue weighted by Gasteiger charge is -2.35. The number of rotatable bonds is 5. The van der Waals surface area contributed by atoms with Gasteiger partial charge >= 0.3 is 0 Å². The summed E-state index contributed by atoms with van der Waals surface area (Å²) >= 11 is 7.58. The fourth-order valence-electron chi connectivity index (χ4n) is 2.63. The number of carbonyl (C=O) groups excluding carboxylic acids is 1. The maximum absolute atomic E-state index is 12.3. The van der Waals surface area contributed by atoms with Crippen molar-refractivity contribution in [3.05, 3.63) is 21.3 Å². The quantitative estimate of drug-likeness (QED) is 0.902. The van der Waals surface area contributed by atoms with E-state index in [2.05, 4.69) is 24.8 Å². The van der Waals surface area contributed by atoms with Crippen molar-refractivity contribution in [2.75, 3.05) is 26.2 Å². The molecule has 1 saturated heterocycles. The van der Waals surface area contributed by atoms with Crippen molar-refractivity contribution in [3.8, 4) is 0 Å². The molecule has 1 aliphatic heterocycles. The number of carbonyl (C=O) groups is 1. The molecule has 0 bridgehead atoms. The molecule has 1 aromatic rings. The first-order valence-corrected chi connectivity index (χ1v) is 8.66. The number of thiophene rings is 1. The summed E-state index contributed by atoms with van der Waals surface area (Å²) in [6, 6.07) is 3.66. The van der Waals surface area contributed by atoms with E-state index in [9.17, 15) is 4.79 Å². The fourth-order valence-corrected chi connectivity index (χ4v) is 3.76. The first-order valence-electron chi connectivity index (χ1n) is 7.46. The third-order valence-corrected chi connectivity index (χ3v) is 4.95. The second-order valence-corrected chi connectivity index (χ2v) is 7.84. The molecule has 0 saturated carbocycles. The maximum Gasteiger partial charge on any atom is 0.239 e. The molecule has 1 fully saturated rings. The van der Waals surface area contributed by atoms with Gasteiger partial charge in [-0.15, -0.1) is 11.3 Å². The standard InChI is InChI=1S/C15H24ClN3OS/c1-11(2)9-13(17)15(20)19-7-5-18(6-8-19)10-12-3-4-14(16)21-12/h3-4,11,13H,5-10,17H2,1-2H3. The predicted octanol–water partition coefficient (Wildman–Crippen LogP) is 2.42. The van der Waals surface area contributed by atoms with Gasteiger partial charge in [0, 0.05) is 37.6 Å². The van der Waals surface area contributed by atoms with Crippen LogP contribution in [0.5, 0.6) is 0 Å². The number of hydrogen-bond donors (Lipinski definition) is 1. The van der Waals surface area contributed by atoms with E-state index in [4.69, 9.17) is 17.3 Å². The van der Waals surface area contributed by atoms with Crippen LogP contribution >= 0.6 is 22.9 Å². The molecule has 0 spiro atoms. The highest BCUT2D eigenvalue weighted by atomic mass is 35.5. The van der Waals surface area contributed by atoms with Crippen LogP contribution in [0.3, 0.4) is 0 Å². The Morgan fingerprint density at radius 1 is 1.33 bits per heavy atom. The maximum atomic E-state index is 12.3. The first-order chi connectivity index (χ1) is 9.95. The van der Waals surface area contributed by atoms with Crippen molar-refractivity contribution >= 4 is 28.8 Å². The van der Waals surface area contributed by atoms with E-state index in [1.807, 2.05) is 11.0 Å². The zero-order valence-corrected chi connectivity index (χ0v) is 14.3. The number of hydrogen-bond acceptors (Lipinski definition) is 4. The Morgan fingerprint density at radius 2 is 2.00 bits per heavy atom. The van der Waals surface area contributed by atoms with Gasteiger partial charge in [-0.25, -0.2) is 0 Å². The summed E-state index contributed by atoms with van der Waals surface area (Å²) in [6.07, 6.45) is 0.757. The second-order valence-electron chi connectivity index (χ2n) is 6.04. The van der Waals surface area contributed by atoms with E-state index < -0.39 is 0 Å². The van der Waals surface area contributed by atoms with Crippen LogP contribution < -0.4 is 5.73 Å². The van der Waals surface area contributed by atoms with E-state index in [0.717, 1.165) is 43.5 Å². The Hall–Kier alpha value is -0.620. The van der Waals surface area contributed by atoms with Gasteiger partial charge in [-0.1, -0.05) is 25.4 Å². The highest BCUT2D eigenvalue weighted by Gasteiger charge is 2.25. The van der Waals surface area contributed by atoms with Gasteiger partial charge in [0.2, 0.25) is 5.91 Å². The van der Waals surface area contributed by atoms with Gasteiger partial charge in [-0.3, -0.25) is 9.69 Å². The summed E-state index contributed by atoms with van der Waals surface area (Å²) in [5.41, 5.74) is 5.99. The predicted molar refractivity (Wildman–Crippen MR) is 88.6 cm³/mol. The molecule has 2 heterocycles. The Morgan fingerprint density at radius 3 is 2.52 bits per heavy atom. The Bertz CT molecular complexity index is 469. The van der Waals surface area contributed by atoms with E-state index in [-0.39, 0.29) is 11.9 Å². The number of halogens is 1. The lowest BCUT2D eigenvalue weighted by molar-refractivity contribution is -0.134. The molecule has 2 N–H and O–H groups in total. The summed E-state index contributed by atoms with van der Waals surface area (Å²) in [5, 5.41) is 0. The van der Waals surface area contributed by atoms with Crippen molar-refractivity contribution in [1.82, 2.24) is 9.80 Å². The van der Waals surface area contributed by atoms with Crippen LogP contribution in [0.25, 0.3) is 0 Å². The minimum Gasteiger partial charge on any atom is -0.339 e. The van der Waals surface area contributed by atoms with Gasteiger partial charge < -0.3 is 10.6 Å². The summed E-state index contributed by atoms with van der Waals surface area (Å²) in [7, 11) is 0. The average Bonchev–Trinajstić information content (AvgIpc) is 2.83. The molecule has 1 amide bonds. The first kappa shape index (κ1) is 16.7. The summed E-state index contributed by atoms with van der Waals surface area (Å²) in [4.78, 5) is 17.8. The molecular formula is C15H24ClN3OS. The summed E-state index contributed by atoms with van der Waals surface area (Å²) in [6.45, 7) is 8.44. The zero-order chi connectivity index (χ0) is 15.4. The van der Waals surface area contributed by atoms with Crippen LogP contribution in [0.15, 0.2) is 12.1 Å². The molecule has 4 nitrogen and oxygen atoms in total. The highest BCUT2D eigenvalue weighted by Crippen LogP contribution is 2.23. The molecule has 1 aromatic heterocycles. The van der Waals surface area contributed by atoms with E-state index in [1.54, 1.807) is 11.3 Å². The molecule has 0 radical (unpaired) electrons. The van der Waals surface area contributed by atoms with Crippen molar-refractivity contribution in [1.29, 1.82) is 0 Å². The number of nitrogens with two attached hydrogens (primary N) is 1. The summed E-state index contributed by atoms with van der Waals surface area (Å²) in [5.74, 6) is 0.552. The molecule has 118 valence electrons. The molecule has 0 aromatic carbocycles. The fraction of sp³-hybridized carbons (Fsp3) is 0.667. The Kier molecular flexibility index (Phi) is 6.05. The third kappa shape index (κ3) is 4.95. The van der Waals surface area contributed by atoms with Crippen LogP contribution in [0.1, 0.15) is 25.1 Å². The van der Waals surface area contributed by atoms with Crippen molar-refractivity contribution < 1.29 is 4.79 Å². The molecule has 2 rings (SSSR count). The molecule has 1 aliphatic rings. The van der Waals surface area contributed by atoms with Gasteiger partial charge in [0.25, 0.3) is 0 Å². The number of nitrogens with zero attached hydrogens (tertiary/aromatic N) is 2. The third-order valence-electron chi connectivity index (χ3n) is 3.73. The van der Waals surface area contributed by atoms with Crippen LogP contribution in [0.2, 0.25) is 4.34 Å². The second kappa shape index (κ2) is 7.58. The molecule has 6 heteroatoms. The van der Waals surface area contributed by atoms with Crippen molar-refractivity contribution in [2.45, 2.75) is 32.9 Å². The van der Waals surface area contributed by atoms with Crippen LogP contribution in [-0.2, 0) is 11.3 Å². The lowest BCUT2D eigenvalue weighted by Crippen LogP contribution is -2.53. The minimum absolute atomic E-state index is 0.0996. The SMILES string of the molecule is CC(C)CC(N)C(=O)N1CCN(Cc2ccc(Cl)s2)CC1.